The van der Waals surface area contributed by atoms with E-state index in [1.807, 2.05) is 13.8 Å². The van der Waals surface area contributed by atoms with Gasteiger partial charge in [0.05, 0.1) is 0 Å². The van der Waals surface area contributed by atoms with Gasteiger partial charge in [-0.25, -0.2) is 4.39 Å². The first-order chi connectivity index (χ1) is 5.61. The maximum atomic E-state index is 12.5. The fourth-order valence-corrected chi connectivity index (χ4v) is 0.656. The zero-order valence-electron chi connectivity index (χ0n) is 7.43. The molecule has 0 saturated carbocycles. The summed E-state index contributed by atoms with van der Waals surface area (Å²) in [5.41, 5.74) is 0.315. The van der Waals surface area contributed by atoms with E-state index in [2.05, 4.69) is 0 Å². The molecule has 0 aromatic heterocycles. The summed E-state index contributed by atoms with van der Waals surface area (Å²) >= 11 is 0. The average Bonchev–Trinajstić information content (AvgIpc) is 2.05. The fourth-order valence-electron chi connectivity index (χ4n) is 0.656. The molecule has 0 saturated heterocycles. The standard InChI is InChI=1S/C7H7FO2.C2H6/c1-4-2-6(9)7(10)3-5(4)8;1-2/h2-3,9-10H,1H3;1-2H3. The molecule has 1 aromatic rings. The molecule has 12 heavy (non-hydrogen) atoms. The summed E-state index contributed by atoms with van der Waals surface area (Å²) in [4.78, 5) is 0. The number of phenolic OH excluding ortho intramolecular Hbond substituents is 2. The summed E-state index contributed by atoms with van der Waals surface area (Å²) in [6.45, 7) is 5.51. The predicted molar refractivity (Wildman–Crippen MR) is 45.8 cm³/mol. The normalized spacial score (nSPS) is 8.67. The van der Waals surface area contributed by atoms with Gasteiger partial charge in [-0.05, 0) is 18.6 Å². The Balaban J connectivity index is 0.000000561. The van der Waals surface area contributed by atoms with Crippen LogP contribution >= 0.6 is 0 Å². The topological polar surface area (TPSA) is 40.5 Å². The van der Waals surface area contributed by atoms with Crippen LogP contribution in [-0.4, -0.2) is 10.2 Å². The number of benzene rings is 1. The van der Waals surface area contributed by atoms with Crippen LogP contribution in [0.15, 0.2) is 12.1 Å². The predicted octanol–water partition coefficient (Wildman–Crippen LogP) is 2.57. The van der Waals surface area contributed by atoms with Crippen molar-refractivity contribution in [3.8, 4) is 11.5 Å². The first-order valence-electron chi connectivity index (χ1n) is 3.79. The summed E-state index contributed by atoms with van der Waals surface area (Å²) in [7, 11) is 0. The molecule has 1 rings (SSSR count). The fraction of sp³-hybridized carbons (Fsp3) is 0.333. The number of phenols is 2. The van der Waals surface area contributed by atoms with Crippen molar-refractivity contribution in [3.05, 3.63) is 23.5 Å². The molecule has 0 aliphatic heterocycles. The van der Waals surface area contributed by atoms with Gasteiger partial charge in [0, 0.05) is 6.07 Å². The monoisotopic (exact) mass is 172 g/mol. The van der Waals surface area contributed by atoms with Gasteiger partial charge in [-0.15, -0.1) is 0 Å². The summed E-state index contributed by atoms with van der Waals surface area (Å²) in [6, 6.07) is 2.05. The molecule has 2 nitrogen and oxygen atoms in total. The molecule has 0 aliphatic rings. The molecular weight excluding hydrogens is 159 g/mol. The smallest absolute Gasteiger partial charge is 0.160 e. The van der Waals surface area contributed by atoms with Gasteiger partial charge in [0.25, 0.3) is 0 Å². The molecule has 1 aromatic carbocycles. The van der Waals surface area contributed by atoms with Crippen LogP contribution in [0.5, 0.6) is 11.5 Å². The first-order valence-corrected chi connectivity index (χ1v) is 3.79. The molecule has 0 spiro atoms. The molecule has 0 heterocycles. The van der Waals surface area contributed by atoms with E-state index in [0.717, 1.165) is 6.07 Å². The molecule has 3 heteroatoms. The van der Waals surface area contributed by atoms with Crippen molar-refractivity contribution in [2.75, 3.05) is 0 Å². The van der Waals surface area contributed by atoms with Crippen LogP contribution in [0, 0.1) is 12.7 Å². The minimum absolute atomic E-state index is 0.293. The Kier molecular flexibility index (Phi) is 4.11. The van der Waals surface area contributed by atoms with E-state index >= 15 is 0 Å². The molecule has 0 unspecified atom stereocenters. The van der Waals surface area contributed by atoms with E-state index in [-0.39, 0.29) is 5.75 Å². The van der Waals surface area contributed by atoms with Crippen LogP contribution in [0.4, 0.5) is 4.39 Å². The van der Waals surface area contributed by atoms with Crippen LogP contribution in [0.3, 0.4) is 0 Å². The van der Waals surface area contributed by atoms with Gasteiger partial charge in [0.2, 0.25) is 0 Å². The van der Waals surface area contributed by atoms with Crippen molar-refractivity contribution in [1.29, 1.82) is 0 Å². The SMILES string of the molecule is CC.Cc1cc(O)c(O)cc1F. The Bertz CT molecular complexity index is 209. The highest BCUT2D eigenvalue weighted by Gasteiger charge is 2.03. The minimum atomic E-state index is -0.518. The molecule has 2 N–H and O–H groups in total. The zero-order chi connectivity index (χ0) is 9.72. The summed E-state index contributed by atoms with van der Waals surface area (Å²) in [5.74, 6) is -1.24. The Labute approximate surface area is 71.3 Å². The lowest BCUT2D eigenvalue weighted by Gasteiger charge is -1.98. The third-order valence-electron chi connectivity index (χ3n) is 1.26. The van der Waals surface area contributed by atoms with Crippen molar-refractivity contribution in [2.45, 2.75) is 20.8 Å². The van der Waals surface area contributed by atoms with Crippen LogP contribution in [0.2, 0.25) is 0 Å². The maximum absolute atomic E-state index is 12.5. The zero-order valence-corrected chi connectivity index (χ0v) is 7.43. The Hall–Kier alpha value is -1.25. The number of rotatable bonds is 0. The van der Waals surface area contributed by atoms with Gasteiger partial charge >= 0.3 is 0 Å². The Morgan fingerprint density at radius 3 is 1.92 bits per heavy atom. The van der Waals surface area contributed by atoms with Crippen molar-refractivity contribution >= 4 is 0 Å². The van der Waals surface area contributed by atoms with Gasteiger partial charge in [-0.2, -0.15) is 0 Å². The molecule has 68 valence electrons. The Morgan fingerprint density at radius 1 is 1.08 bits per heavy atom. The van der Waals surface area contributed by atoms with E-state index in [1.54, 1.807) is 0 Å². The highest BCUT2D eigenvalue weighted by Crippen LogP contribution is 2.26. The van der Waals surface area contributed by atoms with E-state index in [9.17, 15) is 4.39 Å². The van der Waals surface area contributed by atoms with Gasteiger partial charge < -0.3 is 10.2 Å². The lowest BCUT2D eigenvalue weighted by molar-refractivity contribution is 0.399. The maximum Gasteiger partial charge on any atom is 0.160 e. The molecule has 0 fully saturated rings. The molecule has 0 atom stereocenters. The highest BCUT2D eigenvalue weighted by molar-refractivity contribution is 5.40. The second kappa shape index (κ2) is 4.59. The lowest BCUT2D eigenvalue weighted by atomic mass is 10.2. The number of aromatic hydroxyl groups is 2. The van der Waals surface area contributed by atoms with Gasteiger partial charge in [0.1, 0.15) is 5.82 Å². The van der Waals surface area contributed by atoms with Crippen molar-refractivity contribution in [2.24, 2.45) is 0 Å². The summed E-state index contributed by atoms with van der Waals surface area (Å²) in [5, 5.41) is 17.5. The second-order valence-corrected chi connectivity index (χ2v) is 2.09. The number of aryl methyl sites for hydroxylation is 1. The van der Waals surface area contributed by atoms with Gasteiger partial charge in [0.15, 0.2) is 11.5 Å². The largest absolute Gasteiger partial charge is 0.504 e. The van der Waals surface area contributed by atoms with Crippen LogP contribution in [0.1, 0.15) is 19.4 Å². The third kappa shape index (κ3) is 2.42. The molecule has 0 amide bonds. The minimum Gasteiger partial charge on any atom is -0.504 e. The van der Waals surface area contributed by atoms with E-state index in [1.165, 1.54) is 13.0 Å². The summed E-state index contributed by atoms with van der Waals surface area (Å²) < 4.78 is 12.5. The van der Waals surface area contributed by atoms with E-state index < -0.39 is 11.6 Å². The summed E-state index contributed by atoms with van der Waals surface area (Å²) in [6.07, 6.45) is 0. The van der Waals surface area contributed by atoms with Crippen LogP contribution in [-0.2, 0) is 0 Å². The molecule has 0 bridgehead atoms. The lowest BCUT2D eigenvalue weighted by Crippen LogP contribution is -1.80. The molecule has 0 radical (unpaired) electrons. The number of halogens is 1. The Morgan fingerprint density at radius 2 is 1.50 bits per heavy atom. The van der Waals surface area contributed by atoms with Gasteiger partial charge in [-0.1, -0.05) is 13.8 Å². The van der Waals surface area contributed by atoms with Gasteiger partial charge in [-0.3, -0.25) is 0 Å². The molecular formula is C9H13FO2. The quantitative estimate of drug-likeness (QED) is 0.590. The van der Waals surface area contributed by atoms with E-state index in [0.29, 0.717) is 5.56 Å². The third-order valence-corrected chi connectivity index (χ3v) is 1.26. The highest BCUT2D eigenvalue weighted by atomic mass is 19.1. The molecule has 0 aliphatic carbocycles. The average molecular weight is 172 g/mol. The van der Waals surface area contributed by atoms with Crippen LogP contribution < -0.4 is 0 Å². The van der Waals surface area contributed by atoms with Crippen molar-refractivity contribution < 1.29 is 14.6 Å². The second-order valence-electron chi connectivity index (χ2n) is 2.09. The van der Waals surface area contributed by atoms with Crippen molar-refractivity contribution in [1.82, 2.24) is 0 Å². The van der Waals surface area contributed by atoms with E-state index in [4.69, 9.17) is 10.2 Å². The first kappa shape index (κ1) is 10.8. The number of hydrogen-bond donors (Lipinski definition) is 2. The van der Waals surface area contributed by atoms with Crippen molar-refractivity contribution in [3.63, 3.8) is 0 Å². The van der Waals surface area contributed by atoms with Crippen LogP contribution in [0.25, 0.3) is 0 Å². The number of hydrogen-bond acceptors (Lipinski definition) is 2.